The van der Waals surface area contributed by atoms with E-state index in [2.05, 4.69) is 15.3 Å². The summed E-state index contributed by atoms with van der Waals surface area (Å²) in [5.74, 6) is -0.993. The molecule has 212 valence electrons. The number of ether oxygens (including phenoxy) is 1. The summed E-state index contributed by atoms with van der Waals surface area (Å²) in [7, 11) is 0. The zero-order valence-electron chi connectivity index (χ0n) is 22.5. The number of benzene rings is 2. The molecule has 2 aromatic carbocycles. The van der Waals surface area contributed by atoms with Crippen LogP contribution in [0.4, 0.5) is 29.6 Å². The van der Waals surface area contributed by atoms with Crippen molar-refractivity contribution in [2.45, 2.75) is 64.8 Å². The Balaban J connectivity index is 1.51. The average molecular weight is 557 g/mol. The van der Waals surface area contributed by atoms with Crippen LogP contribution in [-0.2, 0) is 47.9 Å². The highest BCUT2D eigenvalue weighted by molar-refractivity contribution is 5.71. The first kappa shape index (κ1) is 28.8. The van der Waals surface area contributed by atoms with E-state index >= 15 is 0 Å². The number of carbonyl (C=O) groups is 2. The van der Waals surface area contributed by atoms with Gasteiger partial charge in [0.25, 0.3) is 0 Å². The van der Waals surface area contributed by atoms with Gasteiger partial charge in [-0.15, -0.1) is 0 Å². The van der Waals surface area contributed by atoms with Gasteiger partial charge in [-0.25, -0.2) is 14.8 Å². The van der Waals surface area contributed by atoms with Crippen molar-refractivity contribution in [3.05, 3.63) is 82.2 Å². The number of hydrogen-bond donors (Lipinski definition) is 2. The molecule has 40 heavy (non-hydrogen) atoms. The van der Waals surface area contributed by atoms with E-state index < -0.39 is 23.3 Å². The van der Waals surface area contributed by atoms with Crippen LogP contribution in [0.25, 0.3) is 0 Å². The van der Waals surface area contributed by atoms with E-state index in [0.29, 0.717) is 36.3 Å². The predicted molar refractivity (Wildman–Crippen MR) is 142 cm³/mol. The molecule has 0 spiro atoms. The number of aliphatic carboxylic acids is 1. The summed E-state index contributed by atoms with van der Waals surface area (Å²) in [6.45, 7) is 6.32. The lowest BCUT2D eigenvalue weighted by Crippen LogP contribution is -2.39. The van der Waals surface area contributed by atoms with Crippen LogP contribution < -0.4 is 5.32 Å². The monoisotopic (exact) mass is 556 g/mol. The van der Waals surface area contributed by atoms with Gasteiger partial charge in [0.2, 0.25) is 5.95 Å². The second-order valence-electron chi connectivity index (χ2n) is 10.7. The van der Waals surface area contributed by atoms with E-state index in [1.54, 1.807) is 35.2 Å². The van der Waals surface area contributed by atoms with Crippen LogP contribution in [0, 0.1) is 0 Å². The van der Waals surface area contributed by atoms with E-state index in [4.69, 9.17) is 9.84 Å². The molecule has 1 amide bonds. The number of hydrogen-bond acceptors (Lipinski definition) is 6. The largest absolute Gasteiger partial charge is 0.481 e. The van der Waals surface area contributed by atoms with Crippen molar-refractivity contribution in [1.29, 1.82) is 0 Å². The fourth-order valence-electron chi connectivity index (χ4n) is 4.54. The molecule has 11 heteroatoms. The molecular formula is C29H31F3N4O4. The Morgan fingerprint density at radius 1 is 1.05 bits per heavy atom. The van der Waals surface area contributed by atoms with Crippen LogP contribution in [0.1, 0.15) is 54.3 Å². The van der Waals surface area contributed by atoms with Crippen LogP contribution >= 0.6 is 0 Å². The Morgan fingerprint density at radius 2 is 1.77 bits per heavy atom. The number of nitrogens with one attached hydrogen (secondary N) is 1. The molecule has 0 radical (unpaired) electrons. The molecule has 0 bridgehead atoms. The van der Waals surface area contributed by atoms with Gasteiger partial charge in [-0.2, -0.15) is 13.2 Å². The topological polar surface area (TPSA) is 105 Å². The molecule has 3 aromatic rings. The number of alkyl halides is 3. The molecular weight excluding hydrogens is 525 g/mol. The molecule has 0 saturated heterocycles. The predicted octanol–water partition coefficient (Wildman–Crippen LogP) is 5.94. The molecule has 1 aliphatic heterocycles. The number of nitrogens with zero attached hydrogens (tertiary/aromatic N) is 3. The number of carboxylic acid groups (broad SMARTS) is 1. The number of rotatable bonds is 7. The highest BCUT2D eigenvalue weighted by Crippen LogP contribution is 2.33. The third kappa shape index (κ3) is 7.49. The number of carbonyl (C=O) groups excluding carboxylic acids is 1. The van der Waals surface area contributed by atoms with Crippen molar-refractivity contribution in [2.24, 2.45) is 0 Å². The lowest BCUT2D eigenvalue weighted by atomic mass is 9.98. The van der Waals surface area contributed by atoms with Gasteiger partial charge in [-0.05, 0) is 74.4 Å². The second-order valence-corrected chi connectivity index (χ2v) is 10.7. The van der Waals surface area contributed by atoms with Crippen molar-refractivity contribution < 1.29 is 32.6 Å². The minimum Gasteiger partial charge on any atom is -0.481 e. The highest BCUT2D eigenvalue weighted by atomic mass is 19.4. The minimum atomic E-state index is -4.64. The molecule has 1 aliphatic rings. The zero-order chi connectivity index (χ0) is 29.1. The lowest BCUT2D eigenvalue weighted by Gasteiger charge is -2.31. The highest BCUT2D eigenvalue weighted by Gasteiger charge is 2.35. The summed E-state index contributed by atoms with van der Waals surface area (Å²) in [5.41, 5.74) is 2.08. The van der Waals surface area contributed by atoms with E-state index in [0.717, 1.165) is 17.3 Å². The van der Waals surface area contributed by atoms with Crippen LogP contribution in [0.2, 0.25) is 0 Å². The van der Waals surface area contributed by atoms with Gasteiger partial charge in [0.1, 0.15) is 5.60 Å². The van der Waals surface area contributed by atoms with Gasteiger partial charge in [0.15, 0.2) is 0 Å². The van der Waals surface area contributed by atoms with E-state index in [9.17, 15) is 22.8 Å². The van der Waals surface area contributed by atoms with Crippen molar-refractivity contribution in [1.82, 2.24) is 14.9 Å². The SMILES string of the molecule is CC(C)(C)OC(=O)N1CCc2cc(Nc3ncc(C(F)(F)F)c(CCc4ccccc4CC(=O)O)n3)ccc2C1. The number of anilines is 2. The van der Waals surface area contributed by atoms with E-state index in [1.165, 1.54) is 0 Å². The summed E-state index contributed by atoms with van der Waals surface area (Å²) in [5, 5.41) is 12.2. The molecule has 0 fully saturated rings. The normalized spacial score (nSPS) is 13.5. The molecule has 1 aromatic heterocycles. The van der Waals surface area contributed by atoms with Crippen molar-refractivity contribution in [3.63, 3.8) is 0 Å². The fraction of sp³-hybridized carbons (Fsp3) is 0.379. The number of halogens is 3. The minimum absolute atomic E-state index is 0.0213. The third-order valence-electron chi connectivity index (χ3n) is 6.39. The number of aromatic nitrogens is 2. The number of fused-ring (bicyclic) bond motifs is 1. The second kappa shape index (κ2) is 11.5. The smallest absolute Gasteiger partial charge is 0.419 e. The van der Waals surface area contributed by atoms with Crippen LogP contribution in [0.15, 0.2) is 48.7 Å². The maximum absolute atomic E-state index is 13.7. The summed E-state index contributed by atoms with van der Waals surface area (Å²) >= 11 is 0. The van der Waals surface area contributed by atoms with Crippen LogP contribution in [0.3, 0.4) is 0 Å². The summed E-state index contributed by atoms with van der Waals surface area (Å²) in [6, 6.07) is 12.3. The van der Waals surface area contributed by atoms with Crippen LogP contribution in [-0.4, -0.2) is 44.2 Å². The summed E-state index contributed by atoms with van der Waals surface area (Å²) in [4.78, 5) is 33.4. The maximum atomic E-state index is 13.7. The Kier molecular flexibility index (Phi) is 8.32. The van der Waals surface area contributed by atoms with Gasteiger partial charge >= 0.3 is 18.2 Å². The Bertz CT molecular complexity index is 1400. The molecule has 4 rings (SSSR count). The van der Waals surface area contributed by atoms with Gasteiger partial charge in [-0.1, -0.05) is 30.3 Å². The third-order valence-corrected chi connectivity index (χ3v) is 6.39. The molecule has 0 aliphatic carbocycles. The van der Waals surface area contributed by atoms with E-state index in [-0.39, 0.29) is 37.0 Å². The number of carboxylic acids is 1. The summed E-state index contributed by atoms with van der Waals surface area (Å²) < 4.78 is 46.7. The van der Waals surface area contributed by atoms with Crippen LogP contribution in [0.5, 0.6) is 0 Å². The first-order valence-electron chi connectivity index (χ1n) is 12.9. The standard InChI is InChI=1S/C29H31F3N4O4/c1-28(2,3)40-27(39)36-13-12-20-14-22(10-8-21(20)17-36)34-26-33-16-23(29(30,31)32)24(35-26)11-9-18-6-4-5-7-19(18)15-25(37)38/h4-8,10,14,16H,9,11-13,15,17H2,1-3H3,(H,37,38)(H,33,34,35). The molecule has 0 saturated carbocycles. The fourth-order valence-corrected chi connectivity index (χ4v) is 4.54. The molecule has 0 unspecified atom stereocenters. The maximum Gasteiger partial charge on any atom is 0.419 e. The Hall–Kier alpha value is -4.15. The first-order valence-corrected chi connectivity index (χ1v) is 12.9. The Morgan fingerprint density at radius 3 is 2.45 bits per heavy atom. The van der Waals surface area contributed by atoms with Crippen molar-refractivity contribution >= 4 is 23.7 Å². The first-order chi connectivity index (χ1) is 18.8. The van der Waals surface area contributed by atoms with Gasteiger partial charge in [0.05, 0.1) is 17.7 Å². The van der Waals surface area contributed by atoms with Gasteiger partial charge in [-0.3, -0.25) is 4.79 Å². The Labute approximate surface area is 230 Å². The summed E-state index contributed by atoms with van der Waals surface area (Å²) in [6.07, 6.45) is -3.73. The van der Waals surface area contributed by atoms with Crippen molar-refractivity contribution in [2.75, 3.05) is 11.9 Å². The zero-order valence-corrected chi connectivity index (χ0v) is 22.5. The number of aryl methyl sites for hydroxylation is 2. The lowest BCUT2D eigenvalue weighted by molar-refractivity contribution is -0.139. The molecule has 8 nitrogen and oxygen atoms in total. The number of amides is 1. The molecule has 2 heterocycles. The van der Waals surface area contributed by atoms with Gasteiger partial charge < -0.3 is 20.1 Å². The van der Waals surface area contributed by atoms with E-state index in [1.807, 2.05) is 32.9 Å². The van der Waals surface area contributed by atoms with Crippen molar-refractivity contribution in [3.8, 4) is 0 Å². The van der Waals surface area contributed by atoms with Gasteiger partial charge in [0, 0.05) is 25.0 Å². The molecule has 0 atom stereocenters. The molecule has 2 N–H and O–H groups in total. The quantitative estimate of drug-likeness (QED) is 0.371. The average Bonchev–Trinajstić information content (AvgIpc) is 2.86.